The van der Waals surface area contributed by atoms with Gasteiger partial charge in [0.2, 0.25) is 0 Å². The number of hydrogen-bond acceptors (Lipinski definition) is 4. The fourth-order valence-corrected chi connectivity index (χ4v) is 1.87. The summed E-state index contributed by atoms with van der Waals surface area (Å²) in [5.41, 5.74) is 8.93. The minimum Gasteiger partial charge on any atom is -0.492 e. The standard InChI is InChI=1S/C16H17N3O/c1-12-9-15(6-5-13(12)11-18)19-14-3-2-4-16(10-14)20-8-7-17/h2-6,9-10,19H,7-8,17H2,1H3. The van der Waals surface area contributed by atoms with E-state index in [1.165, 1.54) is 0 Å². The Labute approximate surface area is 118 Å². The summed E-state index contributed by atoms with van der Waals surface area (Å²) < 4.78 is 5.49. The molecule has 20 heavy (non-hydrogen) atoms. The van der Waals surface area contributed by atoms with Crippen molar-refractivity contribution in [1.82, 2.24) is 0 Å². The predicted octanol–water partition coefficient (Wildman–Crippen LogP) is 2.95. The first kappa shape index (κ1) is 13.9. The van der Waals surface area contributed by atoms with Crippen molar-refractivity contribution in [3.63, 3.8) is 0 Å². The fraction of sp³-hybridized carbons (Fsp3) is 0.188. The van der Waals surface area contributed by atoms with Crippen molar-refractivity contribution < 1.29 is 4.74 Å². The molecule has 0 bridgehead atoms. The number of nitriles is 1. The van der Waals surface area contributed by atoms with Crippen LogP contribution in [-0.2, 0) is 0 Å². The predicted molar refractivity (Wildman–Crippen MR) is 80.2 cm³/mol. The summed E-state index contributed by atoms with van der Waals surface area (Å²) in [5, 5.41) is 12.2. The number of nitrogens with one attached hydrogen (secondary N) is 1. The molecule has 0 aliphatic heterocycles. The van der Waals surface area contributed by atoms with E-state index in [0.29, 0.717) is 18.7 Å². The first-order valence-electron chi connectivity index (χ1n) is 6.43. The largest absolute Gasteiger partial charge is 0.492 e. The van der Waals surface area contributed by atoms with Gasteiger partial charge in [0, 0.05) is 24.0 Å². The molecule has 0 saturated heterocycles. The van der Waals surface area contributed by atoms with Gasteiger partial charge in [0.15, 0.2) is 0 Å². The molecule has 2 rings (SSSR count). The van der Waals surface area contributed by atoms with Gasteiger partial charge in [-0.1, -0.05) is 6.07 Å². The molecule has 2 aromatic carbocycles. The van der Waals surface area contributed by atoms with Crippen molar-refractivity contribution in [3.8, 4) is 11.8 Å². The summed E-state index contributed by atoms with van der Waals surface area (Å²) in [7, 11) is 0. The van der Waals surface area contributed by atoms with E-state index in [1.54, 1.807) is 0 Å². The van der Waals surface area contributed by atoms with Gasteiger partial charge in [0.25, 0.3) is 0 Å². The van der Waals surface area contributed by atoms with Crippen LogP contribution in [0, 0.1) is 18.3 Å². The number of anilines is 2. The average Bonchev–Trinajstić information content (AvgIpc) is 2.46. The van der Waals surface area contributed by atoms with Crippen LogP contribution in [0.3, 0.4) is 0 Å². The number of hydrogen-bond donors (Lipinski definition) is 2. The van der Waals surface area contributed by atoms with Gasteiger partial charge in [-0.2, -0.15) is 5.26 Å². The molecule has 0 aromatic heterocycles. The van der Waals surface area contributed by atoms with E-state index < -0.39 is 0 Å². The van der Waals surface area contributed by atoms with Crippen LogP contribution in [0.25, 0.3) is 0 Å². The van der Waals surface area contributed by atoms with Crippen molar-refractivity contribution in [2.24, 2.45) is 5.73 Å². The molecular weight excluding hydrogens is 250 g/mol. The molecule has 102 valence electrons. The summed E-state index contributed by atoms with van der Waals surface area (Å²) in [4.78, 5) is 0. The summed E-state index contributed by atoms with van der Waals surface area (Å²) in [6.07, 6.45) is 0. The highest BCUT2D eigenvalue weighted by Gasteiger charge is 2.01. The topological polar surface area (TPSA) is 71.1 Å². The Morgan fingerprint density at radius 2 is 2.00 bits per heavy atom. The van der Waals surface area contributed by atoms with Crippen LogP contribution in [0.1, 0.15) is 11.1 Å². The van der Waals surface area contributed by atoms with Gasteiger partial charge in [0.1, 0.15) is 12.4 Å². The van der Waals surface area contributed by atoms with Crippen LogP contribution >= 0.6 is 0 Å². The zero-order chi connectivity index (χ0) is 14.4. The average molecular weight is 267 g/mol. The third kappa shape index (κ3) is 3.50. The molecule has 3 N–H and O–H groups in total. The molecule has 0 saturated carbocycles. The van der Waals surface area contributed by atoms with E-state index in [2.05, 4.69) is 11.4 Å². The Balaban J connectivity index is 2.13. The van der Waals surface area contributed by atoms with Gasteiger partial charge in [-0.25, -0.2) is 0 Å². The van der Waals surface area contributed by atoms with Gasteiger partial charge in [-0.15, -0.1) is 0 Å². The summed E-state index contributed by atoms with van der Waals surface area (Å²) in [6.45, 7) is 2.91. The molecule has 0 unspecified atom stereocenters. The highest BCUT2D eigenvalue weighted by Crippen LogP contribution is 2.23. The molecule has 4 heteroatoms. The number of aryl methyl sites for hydroxylation is 1. The van der Waals surface area contributed by atoms with Gasteiger partial charge in [0.05, 0.1) is 11.6 Å². The second-order valence-corrected chi connectivity index (χ2v) is 4.43. The summed E-state index contributed by atoms with van der Waals surface area (Å²) in [5.74, 6) is 0.783. The Hall–Kier alpha value is -2.51. The molecule has 0 heterocycles. The van der Waals surface area contributed by atoms with E-state index >= 15 is 0 Å². The number of rotatable bonds is 5. The zero-order valence-corrected chi connectivity index (χ0v) is 11.4. The molecule has 0 radical (unpaired) electrons. The maximum absolute atomic E-state index is 8.92. The lowest BCUT2D eigenvalue weighted by Crippen LogP contribution is -2.10. The lowest BCUT2D eigenvalue weighted by atomic mass is 10.1. The van der Waals surface area contributed by atoms with Gasteiger partial charge in [-0.05, 0) is 42.8 Å². The second kappa shape index (κ2) is 6.60. The van der Waals surface area contributed by atoms with E-state index in [-0.39, 0.29) is 0 Å². The quantitative estimate of drug-likeness (QED) is 0.873. The van der Waals surface area contributed by atoms with Crippen LogP contribution in [0.2, 0.25) is 0 Å². The molecule has 0 aliphatic carbocycles. The normalized spacial score (nSPS) is 9.85. The minimum atomic E-state index is 0.493. The van der Waals surface area contributed by atoms with Gasteiger partial charge in [-0.3, -0.25) is 0 Å². The highest BCUT2D eigenvalue weighted by molar-refractivity contribution is 5.63. The number of nitrogens with zero attached hydrogens (tertiary/aromatic N) is 1. The first-order valence-corrected chi connectivity index (χ1v) is 6.43. The number of ether oxygens (including phenoxy) is 1. The fourth-order valence-electron chi connectivity index (χ4n) is 1.87. The minimum absolute atomic E-state index is 0.493. The van der Waals surface area contributed by atoms with E-state index in [9.17, 15) is 0 Å². The van der Waals surface area contributed by atoms with Crippen molar-refractivity contribution in [1.29, 1.82) is 5.26 Å². The SMILES string of the molecule is Cc1cc(Nc2cccc(OCCN)c2)ccc1C#N. The van der Waals surface area contributed by atoms with Crippen molar-refractivity contribution >= 4 is 11.4 Å². The molecule has 2 aromatic rings. The molecule has 0 fully saturated rings. The van der Waals surface area contributed by atoms with Crippen LogP contribution in [0.4, 0.5) is 11.4 Å². The maximum atomic E-state index is 8.92. The smallest absolute Gasteiger partial charge is 0.121 e. The monoisotopic (exact) mass is 267 g/mol. The zero-order valence-electron chi connectivity index (χ0n) is 11.4. The van der Waals surface area contributed by atoms with E-state index in [1.807, 2.05) is 49.4 Å². The Bertz CT molecular complexity index is 632. The Morgan fingerprint density at radius 1 is 1.20 bits per heavy atom. The van der Waals surface area contributed by atoms with E-state index in [4.69, 9.17) is 15.7 Å². The highest BCUT2D eigenvalue weighted by atomic mass is 16.5. The first-order chi connectivity index (χ1) is 9.72. The summed E-state index contributed by atoms with van der Waals surface area (Å²) >= 11 is 0. The maximum Gasteiger partial charge on any atom is 0.121 e. The van der Waals surface area contributed by atoms with Crippen LogP contribution in [0.15, 0.2) is 42.5 Å². The molecule has 4 nitrogen and oxygen atoms in total. The summed E-state index contributed by atoms with van der Waals surface area (Å²) in [6, 6.07) is 15.5. The third-order valence-corrected chi connectivity index (χ3v) is 2.86. The molecule has 0 atom stereocenters. The molecular formula is C16H17N3O. The lowest BCUT2D eigenvalue weighted by molar-refractivity contribution is 0.328. The Kier molecular flexibility index (Phi) is 4.59. The molecule has 0 amide bonds. The van der Waals surface area contributed by atoms with Crippen molar-refractivity contribution in [2.75, 3.05) is 18.5 Å². The number of benzene rings is 2. The lowest BCUT2D eigenvalue weighted by Gasteiger charge is -2.10. The van der Waals surface area contributed by atoms with Gasteiger partial charge < -0.3 is 15.8 Å². The molecule has 0 spiro atoms. The Morgan fingerprint density at radius 3 is 2.70 bits per heavy atom. The van der Waals surface area contributed by atoms with Crippen LogP contribution in [-0.4, -0.2) is 13.2 Å². The van der Waals surface area contributed by atoms with Crippen LogP contribution < -0.4 is 15.8 Å². The number of nitrogens with two attached hydrogens (primary N) is 1. The van der Waals surface area contributed by atoms with Gasteiger partial charge >= 0.3 is 0 Å². The van der Waals surface area contributed by atoms with Crippen molar-refractivity contribution in [2.45, 2.75) is 6.92 Å². The van der Waals surface area contributed by atoms with E-state index in [0.717, 1.165) is 22.7 Å². The third-order valence-electron chi connectivity index (χ3n) is 2.86. The van der Waals surface area contributed by atoms with Crippen molar-refractivity contribution in [3.05, 3.63) is 53.6 Å². The molecule has 0 aliphatic rings. The van der Waals surface area contributed by atoms with Crippen LogP contribution in [0.5, 0.6) is 5.75 Å². The second-order valence-electron chi connectivity index (χ2n) is 4.43.